The van der Waals surface area contributed by atoms with Gasteiger partial charge in [-0.2, -0.15) is 5.26 Å². The molecule has 4 heteroatoms. The highest BCUT2D eigenvalue weighted by Gasteiger charge is 2.12. The molecular weight excluding hydrogens is 224 g/mol. The number of benzene rings is 1. The van der Waals surface area contributed by atoms with E-state index < -0.39 is 0 Å². The molecule has 0 unspecified atom stereocenters. The number of morpholine rings is 1. The second-order valence-corrected chi connectivity index (χ2v) is 4.24. The average Bonchev–Trinajstić information content (AvgIpc) is 2.33. The minimum Gasteiger partial charge on any atom is -0.379 e. The highest BCUT2D eigenvalue weighted by atomic mass is 35.5. The van der Waals surface area contributed by atoms with Gasteiger partial charge in [0.25, 0.3) is 0 Å². The first kappa shape index (κ1) is 11.4. The van der Waals surface area contributed by atoms with Crippen molar-refractivity contribution in [2.75, 3.05) is 26.3 Å². The van der Waals surface area contributed by atoms with Crippen LogP contribution in [0.4, 0.5) is 0 Å². The zero-order valence-corrected chi connectivity index (χ0v) is 9.70. The van der Waals surface area contributed by atoms with Gasteiger partial charge < -0.3 is 4.74 Å². The molecule has 2 rings (SSSR count). The van der Waals surface area contributed by atoms with E-state index in [0.717, 1.165) is 38.4 Å². The Hall–Kier alpha value is -1.08. The van der Waals surface area contributed by atoms with Crippen LogP contribution in [0.15, 0.2) is 18.2 Å². The maximum atomic E-state index is 9.02. The van der Waals surface area contributed by atoms with Crippen LogP contribution in [0.25, 0.3) is 0 Å². The molecule has 1 fully saturated rings. The summed E-state index contributed by atoms with van der Waals surface area (Å²) in [5.41, 5.74) is 1.70. The van der Waals surface area contributed by atoms with E-state index in [-0.39, 0.29) is 0 Å². The van der Waals surface area contributed by atoms with Gasteiger partial charge in [-0.15, -0.1) is 0 Å². The van der Waals surface area contributed by atoms with Crippen LogP contribution < -0.4 is 0 Å². The number of hydrogen-bond acceptors (Lipinski definition) is 3. The van der Waals surface area contributed by atoms with E-state index >= 15 is 0 Å². The van der Waals surface area contributed by atoms with Gasteiger partial charge in [0.15, 0.2) is 0 Å². The Bertz CT molecular complexity index is 408. The monoisotopic (exact) mass is 236 g/mol. The van der Waals surface area contributed by atoms with Crippen LogP contribution >= 0.6 is 11.6 Å². The predicted molar refractivity (Wildman–Crippen MR) is 62.3 cm³/mol. The second-order valence-electron chi connectivity index (χ2n) is 3.80. The van der Waals surface area contributed by atoms with E-state index in [1.165, 1.54) is 0 Å². The Balaban J connectivity index is 2.11. The fourth-order valence-corrected chi connectivity index (χ4v) is 1.96. The van der Waals surface area contributed by atoms with E-state index in [1.54, 1.807) is 6.07 Å². The average molecular weight is 237 g/mol. The van der Waals surface area contributed by atoms with Gasteiger partial charge in [-0.05, 0) is 17.7 Å². The van der Waals surface area contributed by atoms with Crippen molar-refractivity contribution in [3.8, 4) is 6.07 Å². The summed E-state index contributed by atoms with van der Waals surface area (Å²) in [6, 6.07) is 7.66. The molecule has 0 aliphatic carbocycles. The van der Waals surface area contributed by atoms with Gasteiger partial charge in [-0.3, -0.25) is 4.90 Å². The fourth-order valence-electron chi connectivity index (χ4n) is 1.79. The van der Waals surface area contributed by atoms with Crippen LogP contribution in [0, 0.1) is 11.3 Å². The number of rotatable bonds is 2. The number of halogens is 1. The summed E-state index contributed by atoms with van der Waals surface area (Å²) in [7, 11) is 0. The summed E-state index contributed by atoms with van der Waals surface area (Å²) < 4.78 is 5.29. The second kappa shape index (κ2) is 5.31. The van der Waals surface area contributed by atoms with Crippen molar-refractivity contribution in [2.24, 2.45) is 0 Å². The minimum absolute atomic E-state index is 0.613. The maximum absolute atomic E-state index is 9.02. The van der Waals surface area contributed by atoms with Crippen molar-refractivity contribution >= 4 is 11.6 Å². The Morgan fingerprint density at radius 3 is 2.81 bits per heavy atom. The van der Waals surface area contributed by atoms with E-state index in [1.807, 2.05) is 12.1 Å². The quantitative estimate of drug-likeness (QED) is 0.789. The molecule has 1 aliphatic heterocycles. The number of nitriles is 1. The van der Waals surface area contributed by atoms with Gasteiger partial charge in [-0.25, -0.2) is 0 Å². The summed E-state index contributed by atoms with van der Waals surface area (Å²) in [4.78, 5) is 2.29. The van der Waals surface area contributed by atoms with Crippen molar-refractivity contribution in [2.45, 2.75) is 6.54 Å². The molecule has 0 radical (unpaired) electrons. The third-order valence-electron chi connectivity index (χ3n) is 2.69. The summed E-state index contributed by atoms with van der Waals surface area (Å²) in [6.45, 7) is 4.19. The molecule has 3 nitrogen and oxygen atoms in total. The molecule has 0 aromatic heterocycles. The molecule has 0 N–H and O–H groups in total. The van der Waals surface area contributed by atoms with Crippen LogP contribution in [0.1, 0.15) is 11.1 Å². The molecule has 0 atom stereocenters. The lowest BCUT2D eigenvalue weighted by molar-refractivity contribution is 0.0341. The first-order chi connectivity index (χ1) is 7.79. The van der Waals surface area contributed by atoms with Gasteiger partial charge in [-0.1, -0.05) is 17.7 Å². The number of nitrogens with zero attached hydrogens (tertiary/aromatic N) is 2. The summed E-state index contributed by atoms with van der Waals surface area (Å²) in [5, 5.41) is 9.63. The van der Waals surface area contributed by atoms with Crippen LogP contribution in [0.5, 0.6) is 0 Å². The topological polar surface area (TPSA) is 36.3 Å². The summed E-state index contributed by atoms with van der Waals surface area (Å²) >= 11 is 5.85. The molecule has 0 spiro atoms. The number of ether oxygens (including phenoxy) is 1. The zero-order valence-electron chi connectivity index (χ0n) is 8.95. The molecule has 1 aromatic carbocycles. The largest absolute Gasteiger partial charge is 0.379 e. The van der Waals surface area contributed by atoms with Gasteiger partial charge >= 0.3 is 0 Å². The zero-order chi connectivity index (χ0) is 11.4. The van der Waals surface area contributed by atoms with Crippen LogP contribution in [0.3, 0.4) is 0 Å². The van der Waals surface area contributed by atoms with E-state index in [2.05, 4.69) is 11.0 Å². The Labute approximate surface area is 100 Å². The van der Waals surface area contributed by atoms with E-state index in [0.29, 0.717) is 10.6 Å². The lowest BCUT2D eigenvalue weighted by Gasteiger charge is -2.26. The number of hydrogen-bond donors (Lipinski definition) is 0. The molecule has 84 valence electrons. The minimum atomic E-state index is 0.613. The SMILES string of the molecule is N#Cc1cc(Cl)ccc1CN1CCOCC1. The van der Waals surface area contributed by atoms with E-state index in [9.17, 15) is 0 Å². The molecule has 0 saturated carbocycles. The molecular formula is C12H13ClN2O. The third kappa shape index (κ3) is 2.73. The lowest BCUT2D eigenvalue weighted by atomic mass is 10.1. The van der Waals surface area contributed by atoms with E-state index in [4.69, 9.17) is 21.6 Å². The van der Waals surface area contributed by atoms with Crippen molar-refractivity contribution in [1.82, 2.24) is 4.90 Å². The van der Waals surface area contributed by atoms with Crippen LogP contribution in [0.2, 0.25) is 5.02 Å². The maximum Gasteiger partial charge on any atom is 0.0995 e. The molecule has 16 heavy (non-hydrogen) atoms. The third-order valence-corrected chi connectivity index (χ3v) is 2.93. The normalized spacial score (nSPS) is 17.0. The van der Waals surface area contributed by atoms with Gasteiger partial charge in [0.1, 0.15) is 0 Å². The Kier molecular flexibility index (Phi) is 3.79. The lowest BCUT2D eigenvalue weighted by Crippen LogP contribution is -2.35. The predicted octanol–water partition coefficient (Wildman–Crippen LogP) is 2.04. The molecule has 1 heterocycles. The molecule has 0 amide bonds. The summed E-state index contributed by atoms with van der Waals surface area (Å²) in [6.07, 6.45) is 0. The Morgan fingerprint density at radius 2 is 2.12 bits per heavy atom. The molecule has 1 saturated heterocycles. The highest BCUT2D eigenvalue weighted by molar-refractivity contribution is 6.30. The molecule has 0 bridgehead atoms. The van der Waals surface area contributed by atoms with Crippen molar-refractivity contribution in [1.29, 1.82) is 5.26 Å². The van der Waals surface area contributed by atoms with Gasteiger partial charge in [0, 0.05) is 24.7 Å². The Morgan fingerprint density at radius 1 is 1.38 bits per heavy atom. The standard InChI is InChI=1S/C12H13ClN2O/c13-12-2-1-10(11(7-12)8-14)9-15-3-5-16-6-4-15/h1-2,7H,3-6,9H2. The van der Waals surface area contributed by atoms with Crippen molar-refractivity contribution in [3.63, 3.8) is 0 Å². The van der Waals surface area contributed by atoms with Crippen molar-refractivity contribution in [3.05, 3.63) is 34.3 Å². The van der Waals surface area contributed by atoms with Crippen LogP contribution in [-0.2, 0) is 11.3 Å². The van der Waals surface area contributed by atoms with Crippen molar-refractivity contribution < 1.29 is 4.74 Å². The first-order valence-corrected chi connectivity index (χ1v) is 5.66. The molecule has 1 aliphatic rings. The van der Waals surface area contributed by atoms with Gasteiger partial charge in [0.2, 0.25) is 0 Å². The highest BCUT2D eigenvalue weighted by Crippen LogP contribution is 2.17. The van der Waals surface area contributed by atoms with Crippen LogP contribution in [-0.4, -0.2) is 31.2 Å². The summed E-state index contributed by atoms with van der Waals surface area (Å²) in [5.74, 6) is 0. The van der Waals surface area contributed by atoms with Gasteiger partial charge in [0.05, 0.1) is 24.8 Å². The molecule has 1 aromatic rings. The first-order valence-electron chi connectivity index (χ1n) is 5.28. The smallest absolute Gasteiger partial charge is 0.0995 e. The fraction of sp³-hybridized carbons (Fsp3) is 0.417.